The van der Waals surface area contributed by atoms with Crippen LogP contribution in [0.25, 0.3) is 0 Å². The van der Waals surface area contributed by atoms with Crippen LogP contribution in [0, 0.1) is 0 Å². The van der Waals surface area contributed by atoms with Gasteiger partial charge < -0.3 is 4.90 Å². The van der Waals surface area contributed by atoms with Crippen molar-refractivity contribution in [3.63, 3.8) is 0 Å². The second-order valence-electron chi connectivity index (χ2n) is 8.61. The number of hydrogen-bond acceptors (Lipinski definition) is 2. The molecule has 0 fully saturated rings. The summed E-state index contributed by atoms with van der Waals surface area (Å²) in [6.45, 7) is 12.1. The van der Waals surface area contributed by atoms with Gasteiger partial charge in [-0.05, 0) is 40.4 Å². The van der Waals surface area contributed by atoms with Crippen LogP contribution in [0.3, 0.4) is 0 Å². The maximum Gasteiger partial charge on any atom is 0.0825 e. The van der Waals surface area contributed by atoms with E-state index in [0.29, 0.717) is 0 Å². The van der Waals surface area contributed by atoms with Crippen molar-refractivity contribution in [2.45, 2.75) is 123 Å². The highest BCUT2D eigenvalue weighted by Gasteiger charge is 1.97. The number of halogens is 1. The Bertz CT molecular complexity index is 305. The van der Waals surface area contributed by atoms with Gasteiger partial charge in [-0.25, -0.2) is 0 Å². The first-order valence-corrected chi connectivity index (χ1v) is 12.5. The van der Waals surface area contributed by atoms with E-state index in [0.717, 1.165) is 18.5 Å². The predicted molar refractivity (Wildman–Crippen MR) is 132 cm³/mol. The molecule has 1 unspecified atom stereocenters. The normalized spacial score (nSPS) is 12.0. The Morgan fingerprint density at radius 1 is 0.786 bits per heavy atom. The van der Waals surface area contributed by atoms with Crippen LogP contribution in [0.15, 0.2) is 12.2 Å². The van der Waals surface area contributed by atoms with Gasteiger partial charge in [0.25, 0.3) is 0 Å². The molecule has 0 aromatic carbocycles. The zero-order valence-electron chi connectivity index (χ0n) is 20.1. The van der Waals surface area contributed by atoms with Gasteiger partial charge in [-0.3, -0.25) is 5.32 Å². The first-order chi connectivity index (χ1) is 13.4. The van der Waals surface area contributed by atoms with Crippen LogP contribution in [-0.2, 0) is 0 Å². The maximum atomic E-state index is 5.76. The van der Waals surface area contributed by atoms with Crippen molar-refractivity contribution in [3.8, 4) is 0 Å². The average molecular weight is 417 g/mol. The highest BCUT2D eigenvalue weighted by atomic mass is 35.5. The van der Waals surface area contributed by atoms with E-state index < -0.39 is 0 Å². The highest BCUT2D eigenvalue weighted by Crippen LogP contribution is 2.12. The van der Waals surface area contributed by atoms with Gasteiger partial charge in [0.2, 0.25) is 0 Å². The van der Waals surface area contributed by atoms with Crippen LogP contribution in [0.1, 0.15) is 117 Å². The summed E-state index contributed by atoms with van der Waals surface area (Å²) in [5, 5.41) is 3.10. The van der Waals surface area contributed by atoms with E-state index in [9.17, 15) is 0 Å². The first kappa shape index (κ1) is 30.1. The maximum absolute atomic E-state index is 5.76. The van der Waals surface area contributed by atoms with Crippen LogP contribution in [0.2, 0.25) is 0 Å². The van der Waals surface area contributed by atoms with E-state index in [-0.39, 0.29) is 5.50 Å². The summed E-state index contributed by atoms with van der Waals surface area (Å²) in [6, 6.07) is 0. The average Bonchev–Trinajstić information content (AvgIpc) is 2.66. The molecule has 0 aliphatic carbocycles. The molecule has 0 saturated heterocycles. The van der Waals surface area contributed by atoms with Crippen molar-refractivity contribution >= 4 is 11.6 Å². The van der Waals surface area contributed by atoms with E-state index in [1.807, 2.05) is 13.8 Å². The Morgan fingerprint density at radius 2 is 1.18 bits per heavy atom. The second-order valence-corrected chi connectivity index (χ2v) is 9.14. The molecular formula is C25H53ClN2. The second kappa shape index (κ2) is 25.0. The van der Waals surface area contributed by atoms with Crippen molar-refractivity contribution in [1.82, 2.24) is 10.2 Å². The summed E-state index contributed by atoms with van der Waals surface area (Å²) in [6.07, 6.45) is 21.3. The molecule has 0 radical (unpaired) electrons. The van der Waals surface area contributed by atoms with E-state index in [1.165, 1.54) is 96.4 Å². The van der Waals surface area contributed by atoms with Crippen molar-refractivity contribution < 1.29 is 0 Å². The zero-order chi connectivity index (χ0) is 21.5. The van der Waals surface area contributed by atoms with Crippen molar-refractivity contribution in [1.29, 1.82) is 0 Å². The van der Waals surface area contributed by atoms with Gasteiger partial charge in [0.15, 0.2) is 0 Å². The molecule has 0 spiro atoms. The largest absolute Gasteiger partial charge is 0.309 e. The first-order valence-electron chi connectivity index (χ1n) is 12.1. The lowest BCUT2D eigenvalue weighted by Gasteiger charge is -2.08. The van der Waals surface area contributed by atoms with Crippen LogP contribution < -0.4 is 5.32 Å². The van der Waals surface area contributed by atoms with Gasteiger partial charge in [0.05, 0.1) is 5.50 Å². The molecule has 0 bridgehead atoms. The molecule has 0 saturated carbocycles. The summed E-state index contributed by atoms with van der Waals surface area (Å²) in [5.74, 6) is 0. The molecule has 170 valence electrons. The predicted octanol–water partition coefficient (Wildman–Crippen LogP) is 8.16. The molecule has 0 aliphatic heterocycles. The third-order valence-corrected chi connectivity index (χ3v) is 5.41. The van der Waals surface area contributed by atoms with E-state index >= 15 is 0 Å². The molecule has 0 heterocycles. The van der Waals surface area contributed by atoms with Crippen molar-refractivity contribution in [3.05, 3.63) is 12.2 Å². The van der Waals surface area contributed by atoms with E-state index in [1.54, 1.807) is 0 Å². The number of alkyl halides is 1. The fourth-order valence-corrected chi connectivity index (χ4v) is 3.13. The van der Waals surface area contributed by atoms with Crippen molar-refractivity contribution in [2.75, 3.05) is 27.2 Å². The van der Waals surface area contributed by atoms with Crippen LogP contribution in [0.4, 0.5) is 0 Å². The molecule has 3 heteroatoms. The van der Waals surface area contributed by atoms with Gasteiger partial charge in [0, 0.05) is 6.54 Å². The molecule has 0 aromatic heterocycles. The Labute approximate surface area is 183 Å². The summed E-state index contributed by atoms with van der Waals surface area (Å²) in [4.78, 5) is 2.29. The van der Waals surface area contributed by atoms with Crippen LogP contribution >= 0.6 is 11.6 Å². The molecule has 0 aliphatic rings. The molecule has 1 N–H and O–H groups in total. The lowest BCUT2D eigenvalue weighted by atomic mass is 10.0. The van der Waals surface area contributed by atoms with Gasteiger partial charge in [-0.1, -0.05) is 109 Å². The Morgan fingerprint density at radius 3 is 1.50 bits per heavy atom. The number of nitrogens with one attached hydrogen (secondary N) is 1. The van der Waals surface area contributed by atoms with Crippen LogP contribution in [0.5, 0.6) is 0 Å². The van der Waals surface area contributed by atoms with Crippen LogP contribution in [-0.4, -0.2) is 37.6 Å². The Balaban J connectivity index is 0. The SMILES string of the molecule is C=C(C)CNC(Cl)CC.CCCCCCCCCCCCCCCCN(C)C. The smallest absolute Gasteiger partial charge is 0.0825 e. The molecule has 2 nitrogen and oxygen atoms in total. The number of rotatable bonds is 19. The molecule has 28 heavy (non-hydrogen) atoms. The highest BCUT2D eigenvalue weighted by molar-refractivity contribution is 6.20. The molecule has 0 rings (SSSR count). The summed E-state index contributed by atoms with van der Waals surface area (Å²) < 4.78 is 0. The minimum atomic E-state index is 0.0988. The number of unbranched alkanes of at least 4 members (excludes halogenated alkanes) is 13. The molecule has 1 atom stereocenters. The lowest BCUT2D eigenvalue weighted by Crippen LogP contribution is -2.24. The molecule has 0 amide bonds. The monoisotopic (exact) mass is 416 g/mol. The lowest BCUT2D eigenvalue weighted by molar-refractivity contribution is 0.389. The molecular weight excluding hydrogens is 364 g/mol. The van der Waals surface area contributed by atoms with Gasteiger partial charge in [0.1, 0.15) is 0 Å². The fourth-order valence-electron chi connectivity index (χ4n) is 3.05. The third kappa shape index (κ3) is 30.7. The quantitative estimate of drug-likeness (QED) is 0.0988. The summed E-state index contributed by atoms with van der Waals surface area (Å²) >= 11 is 5.76. The van der Waals surface area contributed by atoms with Crippen molar-refractivity contribution in [2.24, 2.45) is 0 Å². The van der Waals surface area contributed by atoms with E-state index in [4.69, 9.17) is 11.6 Å². The van der Waals surface area contributed by atoms with Gasteiger partial charge >= 0.3 is 0 Å². The topological polar surface area (TPSA) is 15.3 Å². The summed E-state index contributed by atoms with van der Waals surface area (Å²) in [5.41, 5.74) is 1.22. The third-order valence-electron chi connectivity index (χ3n) is 4.94. The standard InChI is InChI=1S/C18H39N.C7H14ClN/c1-4-5-6-7-8-9-10-11-12-13-14-15-16-17-18-19(2)3;1-4-7(8)9-5-6(2)3/h4-18H2,1-3H3;7,9H,2,4-5H2,1,3H3. The minimum absolute atomic E-state index is 0.0988. The number of nitrogens with zero attached hydrogens (tertiary/aromatic N) is 1. The van der Waals surface area contributed by atoms with Gasteiger partial charge in [-0.15, -0.1) is 11.6 Å². The number of hydrogen-bond donors (Lipinski definition) is 1. The zero-order valence-corrected chi connectivity index (χ0v) is 20.9. The molecule has 0 aromatic rings. The van der Waals surface area contributed by atoms with Gasteiger partial charge in [-0.2, -0.15) is 0 Å². The summed E-state index contributed by atoms with van der Waals surface area (Å²) in [7, 11) is 4.34. The Kier molecular flexibility index (Phi) is 26.9. The minimum Gasteiger partial charge on any atom is -0.309 e. The fraction of sp³-hybridized carbons (Fsp3) is 0.920. The Hall–Kier alpha value is -0.0500. The van der Waals surface area contributed by atoms with E-state index in [2.05, 4.69) is 37.8 Å².